The Morgan fingerprint density at radius 3 is 2.43 bits per heavy atom. The second kappa shape index (κ2) is 10.4. The van der Waals surface area contributed by atoms with Crippen LogP contribution in [0.4, 0.5) is 4.39 Å². The van der Waals surface area contributed by atoms with Crippen molar-refractivity contribution in [2.24, 2.45) is 0 Å². The molecule has 7 heteroatoms. The van der Waals surface area contributed by atoms with Crippen LogP contribution in [-0.2, 0) is 22.6 Å². The van der Waals surface area contributed by atoms with Crippen LogP contribution in [0.1, 0.15) is 31.4 Å². The van der Waals surface area contributed by atoms with E-state index in [0.29, 0.717) is 17.1 Å². The first-order valence-corrected chi connectivity index (χ1v) is 9.84. The van der Waals surface area contributed by atoms with E-state index in [4.69, 9.17) is 23.2 Å². The molecule has 0 aliphatic carbocycles. The number of carbonyl (C=O) groups is 2. The van der Waals surface area contributed by atoms with Crippen molar-refractivity contribution in [3.63, 3.8) is 0 Å². The molecule has 4 nitrogen and oxygen atoms in total. The molecule has 0 saturated carbocycles. The van der Waals surface area contributed by atoms with Gasteiger partial charge in [0.05, 0.1) is 6.42 Å². The lowest BCUT2D eigenvalue weighted by atomic mass is 10.1. The molecule has 0 radical (unpaired) electrons. The number of hydrogen-bond acceptors (Lipinski definition) is 2. The summed E-state index contributed by atoms with van der Waals surface area (Å²) in [6, 6.07) is 10.6. The summed E-state index contributed by atoms with van der Waals surface area (Å²) >= 11 is 12.3. The van der Waals surface area contributed by atoms with E-state index in [2.05, 4.69) is 5.32 Å². The second-order valence-corrected chi connectivity index (χ2v) is 7.27. The summed E-state index contributed by atoms with van der Waals surface area (Å²) < 4.78 is 14.1. The van der Waals surface area contributed by atoms with Gasteiger partial charge in [-0.25, -0.2) is 4.39 Å². The topological polar surface area (TPSA) is 49.4 Å². The van der Waals surface area contributed by atoms with E-state index in [1.807, 2.05) is 6.92 Å². The minimum Gasteiger partial charge on any atom is -0.354 e. The van der Waals surface area contributed by atoms with Crippen molar-refractivity contribution in [1.82, 2.24) is 10.2 Å². The van der Waals surface area contributed by atoms with Gasteiger partial charge >= 0.3 is 0 Å². The lowest BCUT2D eigenvalue weighted by Gasteiger charge is -2.29. The molecular formula is C21H23Cl2FN2O2. The molecule has 1 N–H and O–H groups in total. The molecule has 0 aliphatic rings. The van der Waals surface area contributed by atoms with Gasteiger partial charge < -0.3 is 10.2 Å². The molecule has 0 spiro atoms. The quantitative estimate of drug-likeness (QED) is 0.671. The van der Waals surface area contributed by atoms with Gasteiger partial charge in [0.25, 0.3) is 0 Å². The highest BCUT2D eigenvalue weighted by Crippen LogP contribution is 2.23. The summed E-state index contributed by atoms with van der Waals surface area (Å²) in [6.45, 7) is 4.22. The maximum Gasteiger partial charge on any atom is 0.242 e. The fourth-order valence-corrected chi connectivity index (χ4v) is 3.17. The van der Waals surface area contributed by atoms with Gasteiger partial charge in [-0.05, 0) is 37.1 Å². The first kappa shape index (κ1) is 22.2. The van der Waals surface area contributed by atoms with Crippen LogP contribution in [0.5, 0.6) is 0 Å². The smallest absolute Gasteiger partial charge is 0.242 e. The van der Waals surface area contributed by atoms with Gasteiger partial charge in [-0.15, -0.1) is 0 Å². The highest BCUT2D eigenvalue weighted by atomic mass is 35.5. The second-order valence-electron chi connectivity index (χ2n) is 6.46. The van der Waals surface area contributed by atoms with Crippen LogP contribution >= 0.6 is 23.2 Å². The molecule has 2 rings (SSSR count). The van der Waals surface area contributed by atoms with Crippen LogP contribution in [0.2, 0.25) is 10.0 Å². The first-order chi connectivity index (χ1) is 13.3. The Morgan fingerprint density at radius 2 is 1.79 bits per heavy atom. The number of nitrogens with zero attached hydrogens (tertiary/aromatic N) is 1. The molecule has 0 saturated heterocycles. The monoisotopic (exact) mass is 424 g/mol. The predicted molar refractivity (Wildman–Crippen MR) is 110 cm³/mol. The molecule has 0 aliphatic heterocycles. The van der Waals surface area contributed by atoms with Crippen molar-refractivity contribution in [1.29, 1.82) is 0 Å². The summed E-state index contributed by atoms with van der Waals surface area (Å²) in [7, 11) is 0. The fourth-order valence-electron chi connectivity index (χ4n) is 2.74. The Balaban J connectivity index is 2.29. The number of amides is 2. The molecule has 0 unspecified atom stereocenters. The standard InChI is InChI=1S/C21H23Cl2FN2O2/c1-3-11-25-21(28)14(2)26(13-15-7-4-5-8-17(15)22)20(27)12-16-18(23)9-6-10-19(16)24/h4-10,14H,3,11-13H2,1-2H3,(H,25,28)/t14-/m0/s1. The van der Waals surface area contributed by atoms with Crippen LogP contribution in [0.15, 0.2) is 42.5 Å². The number of nitrogens with one attached hydrogen (secondary N) is 1. The number of halogens is 3. The first-order valence-electron chi connectivity index (χ1n) is 9.08. The molecule has 1 atom stereocenters. The lowest BCUT2D eigenvalue weighted by Crippen LogP contribution is -2.48. The van der Waals surface area contributed by atoms with E-state index >= 15 is 0 Å². The zero-order valence-electron chi connectivity index (χ0n) is 15.8. The van der Waals surface area contributed by atoms with Gasteiger partial charge in [-0.3, -0.25) is 9.59 Å². The van der Waals surface area contributed by atoms with E-state index in [1.54, 1.807) is 31.2 Å². The molecule has 2 aromatic rings. The Hall–Kier alpha value is -2.11. The Labute approximate surface area is 174 Å². The van der Waals surface area contributed by atoms with Crippen molar-refractivity contribution >= 4 is 35.0 Å². The largest absolute Gasteiger partial charge is 0.354 e. The van der Waals surface area contributed by atoms with E-state index in [9.17, 15) is 14.0 Å². The molecule has 2 aromatic carbocycles. The number of carbonyl (C=O) groups excluding carboxylic acids is 2. The molecule has 0 fully saturated rings. The third-order valence-electron chi connectivity index (χ3n) is 4.40. The highest BCUT2D eigenvalue weighted by molar-refractivity contribution is 6.31. The summed E-state index contributed by atoms with van der Waals surface area (Å²) in [5, 5.41) is 3.45. The van der Waals surface area contributed by atoms with Crippen molar-refractivity contribution in [2.45, 2.75) is 39.3 Å². The third-order valence-corrected chi connectivity index (χ3v) is 5.13. The van der Waals surface area contributed by atoms with Gasteiger partial charge in [-0.1, -0.05) is 54.4 Å². The van der Waals surface area contributed by atoms with Crippen molar-refractivity contribution in [2.75, 3.05) is 6.54 Å². The van der Waals surface area contributed by atoms with Crippen molar-refractivity contribution in [3.05, 3.63) is 69.5 Å². The molecule has 150 valence electrons. The van der Waals surface area contributed by atoms with Crippen molar-refractivity contribution < 1.29 is 14.0 Å². The van der Waals surface area contributed by atoms with Crippen LogP contribution in [-0.4, -0.2) is 29.3 Å². The van der Waals surface area contributed by atoms with Gasteiger partial charge in [-0.2, -0.15) is 0 Å². The van der Waals surface area contributed by atoms with E-state index in [1.165, 1.54) is 23.1 Å². The van der Waals surface area contributed by atoms with E-state index in [-0.39, 0.29) is 29.5 Å². The maximum atomic E-state index is 14.1. The Kier molecular flexibility index (Phi) is 8.27. The number of hydrogen-bond donors (Lipinski definition) is 1. The molecule has 28 heavy (non-hydrogen) atoms. The van der Waals surface area contributed by atoms with E-state index < -0.39 is 17.8 Å². The van der Waals surface area contributed by atoms with Crippen LogP contribution < -0.4 is 5.32 Å². The van der Waals surface area contributed by atoms with Crippen LogP contribution in [0.3, 0.4) is 0 Å². The van der Waals surface area contributed by atoms with Gasteiger partial charge in [0.15, 0.2) is 0 Å². The Morgan fingerprint density at radius 1 is 1.11 bits per heavy atom. The average Bonchev–Trinajstić information content (AvgIpc) is 2.67. The predicted octanol–water partition coefficient (Wildman–Crippen LogP) is 4.62. The maximum absolute atomic E-state index is 14.1. The summed E-state index contributed by atoms with van der Waals surface area (Å²) in [4.78, 5) is 26.9. The molecule has 2 amide bonds. The number of rotatable bonds is 8. The van der Waals surface area contributed by atoms with Gasteiger partial charge in [0, 0.05) is 28.7 Å². The Bertz CT molecular complexity index is 825. The normalized spacial score (nSPS) is 11.8. The SMILES string of the molecule is CCCNC(=O)[C@H](C)N(Cc1ccccc1Cl)C(=O)Cc1c(F)cccc1Cl. The van der Waals surface area contributed by atoms with Crippen LogP contribution in [0, 0.1) is 5.82 Å². The number of benzene rings is 2. The summed E-state index contributed by atoms with van der Waals surface area (Å²) in [6.07, 6.45) is 0.531. The molecular weight excluding hydrogens is 402 g/mol. The zero-order valence-corrected chi connectivity index (χ0v) is 17.4. The highest BCUT2D eigenvalue weighted by Gasteiger charge is 2.27. The third kappa shape index (κ3) is 5.69. The lowest BCUT2D eigenvalue weighted by molar-refractivity contribution is -0.140. The van der Waals surface area contributed by atoms with Gasteiger partial charge in [0.1, 0.15) is 11.9 Å². The van der Waals surface area contributed by atoms with E-state index in [0.717, 1.165) is 6.42 Å². The summed E-state index contributed by atoms with van der Waals surface area (Å²) in [5.41, 5.74) is 0.812. The molecule has 0 heterocycles. The minimum atomic E-state index is -0.749. The molecule has 0 aromatic heterocycles. The summed E-state index contributed by atoms with van der Waals surface area (Å²) in [5.74, 6) is -1.24. The van der Waals surface area contributed by atoms with Gasteiger partial charge in [0.2, 0.25) is 11.8 Å². The average molecular weight is 425 g/mol. The fraction of sp³-hybridized carbons (Fsp3) is 0.333. The van der Waals surface area contributed by atoms with Crippen LogP contribution in [0.25, 0.3) is 0 Å². The zero-order chi connectivity index (χ0) is 20.7. The van der Waals surface area contributed by atoms with Crippen molar-refractivity contribution in [3.8, 4) is 0 Å². The molecule has 0 bridgehead atoms. The minimum absolute atomic E-state index is 0.111.